The monoisotopic (exact) mass is 276 g/mol. The lowest BCUT2D eigenvalue weighted by Crippen LogP contribution is -2.30. The Hall–Kier alpha value is -1.69. The van der Waals surface area contributed by atoms with E-state index in [1.807, 2.05) is 0 Å². The van der Waals surface area contributed by atoms with Crippen LogP contribution in [0.25, 0.3) is 11.6 Å². The molecule has 3 heterocycles. The van der Waals surface area contributed by atoms with Gasteiger partial charge in [-0.15, -0.1) is 0 Å². The van der Waals surface area contributed by atoms with Crippen LogP contribution >= 0.6 is 0 Å². The Bertz CT molecular complexity index is 535. The minimum atomic E-state index is 0.348. The van der Waals surface area contributed by atoms with Gasteiger partial charge in [0.05, 0.1) is 6.10 Å². The topological polar surface area (TPSA) is 76.8 Å². The molecule has 6 heteroatoms. The predicted molar refractivity (Wildman–Crippen MR) is 72.9 cm³/mol. The molecule has 0 bridgehead atoms. The van der Waals surface area contributed by atoms with Crippen molar-refractivity contribution in [3.8, 4) is 11.6 Å². The highest BCUT2D eigenvalue weighted by Gasteiger charge is 2.26. The second-order valence-corrected chi connectivity index (χ2v) is 5.70. The van der Waals surface area contributed by atoms with Crippen molar-refractivity contribution in [2.24, 2.45) is 11.8 Å². The third kappa shape index (κ3) is 2.90. The summed E-state index contributed by atoms with van der Waals surface area (Å²) in [5.74, 6) is 2.97. The van der Waals surface area contributed by atoms with E-state index in [9.17, 15) is 0 Å². The van der Waals surface area contributed by atoms with Crippen LogP contribution in [0.3, 0.4) is 0 Å². The Morgan fingerprint density at radius 3 is 3.10 bits per heavy atom. The summed E-state index contributed by atoms with van der Waals surface area (Å²) in [6.07, 6.45) is 6.72. The Kier molecular flexibility index (Phi) is 3.82. The van der Waals surface area contributed by atoms with Crippen molar-refractivity contribution in [2.75, 3.05) is 6.61 Å². The Balaban J connectivity index is 1.63. The molecule has 0 aliphatic carbocycles. The van der Waals surface area contributed by atoms with Crippen molar-refractivity contribution in [3.05, 3.63) is 18.3 Å². The zero-order valence-corrected chi connectivity index (χ0v) is 11.9. The van der Waals surface area contributed by atoms with Crippen molar-refractivity contribution >= 4 is 0 Å². The molecule has 1 saturated heterocycles. The van der Waals surface area contributed by atoms with Crippen LogP contribution in [0, 0.1) is 11.8 Å². The number of imidazole rings is 1. The van der Waals surface area contributed by atoms with Gasteiger partial charge in [-0.25, -0.2) is 4.98 Å². The van der Waals surface area contributed by atoms with Gasteiger partial charge in [0.2, 0.25) is 11.7 Å². The fourth-order valence-electron chi connectivity index (χ4n) is 2.62. The van der Waals surface area contributed by atoms with Crippen molar-refractivity contribution in [1.82, 2.24) is 20.1 Å². The third-order valence-corrected chi connectivity index (χ3v) is 3.81. The zero-order valence-electron chi connectivity index (χ0n) is 11.9. The Morgan fingerprint density at radius 1 is 1.45 bits per heavy atom. The predicted octanol–water partition coefficient (Wildman–Crippen LogP) is 2.45. The van der Waals surface area contributed by atoms with Crippen LogP contribution < -0.4 is 0 Å². The average molecular weight is 276 g/mol. The van der Waals surface area contributed by atoms with Gasteiger partial charge in [0.1, 0.15) is 0 Å². The van der Waals surface area contributed by atoms with E-state index in [0.717, 1.165) is 25.9 Å². The second-order valence-electron chi connectivity index (χ2n) is 5.70. The molecule has 0 spiro atoms. The van der Waals surface area contributed by atoms with Gasteiger partial charge in [0, 0.05) is 25.4 Å². The second kappa shape index (κ2) is 5.75. The van der Waals surface area contributed by atoms with Crippen molar-refractivity contribution in [2.45, 2.75) is 39.2 Å². The molecule has 0 amide bonds. The first-order valence-electron chi connectivity index (χ1n) is 7.16. The molecule has 1 N–H and O–H groups in total. The number of aromatic nitrogens is 4. The summed E-state index contributed by atoms with van der Waals surface area (Å²) in [5.41, 5.74) is 0. The number of hydrogen-bond donors (Lipinski definition) is 1. The molecule has 2 atom stereocenters. The summed E-state index contributed by atoms with van der Waals surface area (Å²) in [5, 5.41) is 3.97. The van der Waals surface area contributed by atoms with E-state index in [4.69, 9.17) is 9.26 Å². The number of rotatable bonds is 4. The number of H-pyrrole nitrogens is 1. The maximum absolute atomic E-state index is 5.79. The highest BCUT2D eigenvalue weighted by molar-refractivity contribution is 5.40. The molecule has 0 unspecified atom stereocenters. The van der Waals surface area contributed by atoms with Gasteiger partial charge in [-0.1, -0.05) is 19.0 Å². The van der Waals surface area contributed by atoms with Gasteiger partial charge in [0.15, 0.2) is 5.82 Å². The fourth-order valence-corrected chi connectivity index (χ4v) is 2.62. The molecule has 0 aromatic carbocycles. The lowest BCUT2D eigenvalue weighted by Gasteiger charge is -2.31. The van der Waals surface area contributed by atoms with E-state index in [1.54, 1.807) is 12.4 Å². The maximum Gasteiger partial charge on any atom is 0.238 e. The van der Waals surface area contributed by atoms with Crippen molar-refractivity contribution in [1.29, 1.82) is 0 Å². The smallest absolute Gasteiger partial charge is 0.238 e. The van der Waals surface area contributed by atoms with Crippen LogP contribution in [0.1, 0.15) is 32.6 Å². The van der Waals surface area contributed by atoms with Gasteiger partial charge < -0.3 is 14.2 Å². The van der Waals surface area contributed by atoms with Crippen LogP contribution in [0.2, 0.25) is 0 Å². The molecule has 2 aromatic rings. The summed E-state index contributed by atoms with van der Waals surface area (Å²) in [6, 6.07) is 0. The summed E-state index contributed by atoms with van der Waals surface area (Å²) in [4.78, 5) is 11.5. The number of aromatic amines is 1. The van der Waals surface area contributed by atoms with E-state index < -0.39 is 0 Å². The molecule has 2 aromatic heterocycles. The van der Waals surface area contributed by atoms with Gasteiger partial charge in [-0.2, -0.15) is 4.98 Å². The maximum atomic E-state index is 5.79. The third-order valence-electron chi connectivity index (χ3n) is 3.81. The first kappa shape index (κ1) is 13.3. The van der Waals surface area contributed by atoms with Gasteiger partial charge in [-0.05, 0) is 24.7 Å². The quantitative estimate of drug-likeness (QED) is 0.928. The summed E-state index contributed by atoms with van der Waals surface area (Å²) in [6.45, 7) is 5.23. The molecule has 0 saturated carbocycles. The standard InChI is InChI=1S/C14H20N4O2/c1-9(2)11-7-10(3-6-19-11)8-12-17-14(18-20-12)13-15-4-5-16-13/h4-5,9-11H,3,6-8H2,1-2H3,(H,15,16)/t10-,11-/m1/s1. The first-order valence-corrected chi connectivity index (χ1v) is 7.16. The number of ether oxygens (including phenoxy) is 1. The molecule has 20 heavy (non-hydrogen) atoms. The molecule has 1 fully saturated rings. The molecule has 108 valence electrons. The van der Waals surface area contributed by atoms with Gasteiger partial charge in [-0.3, -0.25) is 0 Å². The van der Waals surface area contributed by atoms with Gasteiger partial charge in [0.25, 0.3) is 0 Å². The van der Waals surface area contributed by atoms with Crippen LogP contribution in [-0.4, -0.2) is 32.8 Å². The van der Waals surface area contributed by atoms with Crippen LogP contribution in [-0.2, 0) is 11.2 Å². The fraction of sp³-hybridized carbons (Fsp3) is 0.643. The molecular formula is C14H20N4O2. The minimum Gasteiger partial charge on any atom is -0.378 e. The lowest BCUT2D eigenvalue weighted by atomic mass is 9.88. The molecule has 6 nitrogen and oxygen atoms in total. The highest BCUT2D eigenvalue weighted by Crippen LogP contribution is 2.27. The van der Waals surface area contributed by atoms with Gasteiger partial charge >= 0.3 is 0 Å². The Morgan fingerprint density at radius 2 is 2.35 bits per heavy atom. The van der Waals surface area contributed by atoms with E-state index >= 15 is 0 Å². The number of nitrogens with one attached hydrogen (secondary N) is 1. The van der Waals surface area contributed by atoms with E-state index in [1.165, 1.54) is 0 Å². The normalized spacial score (nSPS) is 23.4. The molecular weight excluding hydrogens is 256 g/mol. The summed E-state index contributed by atoms with van der Waals surface area (Å²) < 4.78 is 11.1. The summed E-state index contributed by atoms with van der Waals surface area (Å²) in [7, 11) is 0. The van der Waals surface area contributed by atoms with Crippen molar-refractivity contribution in [3.63, 3.8) is 0 Å². The molecule has 0 radical (unpaired) electrons. The summed E-state index contributed by atoms with van der Waals surface area (Å²) >= 11 is 0. The molecule has 1 aliphatic heterocycles. The van der Waals surface area contributed by atoms with Crippen molar-refractivity contribution < 1.29 is 9.26 Å². The van der Waals surface area contributed by atoms with E-state index in [2.05, 4.69) is 34.0 Å². The van der Waals surface area contributed by atoms with Crippen LogP contribution in [0.5, 0.6) is 0 Å². The molecule has 1 aliphatic rings. The zero-order chi connectivity index (χ0) is 13.9. The highest BCUT2D eigenvalue weighted by atomic mass is 16.5. The molecule has 3 rings (SSSR count). The van der Waals surface area contributed by atoms with E-state index in [-0.39, 0.29) is 0 Å². The Labute approximate surface area is 117 Å². The van der Waals surface area contributed by atoms with E-state index in [0.29, 0.717) is 35.5 Å². The van der Waals surface area contributed by atoms with Crippen LogP contribution in [0.4, 0.5) is 0 Å². The largest absolute Gasteiger partial charge is 0.378 e. The number of hydrogen-bond acceptors (Lipinski definition) is 5. The first-order chi connectivity index (χ1) is 9.72. The van der Waals surface area contributed by atoms with Crippen LogP contribution in [0.15, 0.2) is 16.9 Å². The minimum absolute atomic E-state index is 0.348. The lowest BCUT2D eigenvalue weighted by molar-refractivity contribution is -0.0349. The number of nitrogens with zero attached hydrogens (tertiary/aromatic N) is 3. The SMILES string of the molecule is CC(C)[C@H]1C[C@H](Cc2nc(-c3ncc[nH]3)no2)CCO1. The average Bonchev–Trinajstić information content (AvgIpc) is 3.09.